The van der Waals surface area contributed by atoms with E-state index in [1.54, 1.807) is 0 Å². The normalized spacial score (nSPS) is 48.6. The molecule has 0 aromatic rings. The summed E-state index contributed by atoms with van der Waals surface area (Å²) >= 11 is 0. The molecule has 0 spiro atoms. The van der Waals surface area contributed by atoms with E-state index in [9.17, 15) is 20.4 Å². The molecule has 0 aromatic heterocycles. The van der Waals surface area contributed by atoms with Gasteiger partial charge in [-0.15, -0.1) is 0 Å². The first-order valence-corrected chi connectivity index (χ1v) is 16.3. The number of aliphatic hydroxyl groups is 4. The lowest BCUT2D eigenvalue weighted by Crippen LogP contribution is -2.59. The second-order valence-corrected chi connectivity index (χ2v) is 16.2. The van der Waals surface area contributed by atoms with Crippen molar-refractivity contribution >= 4 is 0 Å². The zero-order chi connectivity index (χ0) is 29.5. The second-order valence-electron chi connectivity index (χ2n) is 16.2. The average molecular weight is 563 g/mol. The van der Waals surface area contributed by atoms with Crippen molar-refractivity contribution in [2.75, 3.05) is 13.2 Å². The summed E-state index contributed by atoms with van der Waals surface area (Å²) in [5.74, 6) is 0.271. The van der Waals surface area contributed by atoms with E-state index >= 15 is 0 Å². The van der Waals surface area contributed by atoms with Crippen molar-refractivity contribution in [3.05, 3.63) is 11.1 Å². The molecule has 0 bridgehead atoms. The molecule has 1 saturated heterocycles. The fraction of sp³-hybridized carbons (Fsp3) is 0.941. The van der Waals surface area contributed by atoms with Gasteiger partial charge in [0.05, 0.1) is 42.2 Å². The van der Waals surface area contributed by atoms with Crippen LogP contribution in [-0.2, 0) is 9.47 Å². The molecule has 11 atom stereocenters. The van der Waals surface area contributed by atoms with Gasteiger partial charge in [0, 0.05) is 24.4 Å². The van der Waals surface area contributed by atoms with Crippen LogP contribution in [0.25, 0.3) is 0 Å². The minimum atomic E-state index is -0.924. The molecule has 4 N–H and O–H groups in total. The summed E-state index contributed by atoms with van der Waals surface area (Å²) in [5, 5.41) is 45.5. The number of hydrogen-bond acceptors (Lipinski definition) is 6. The Balaban J connectivity index is 1.58. The van der Waals surface area contributed by atoms with E-state index in [4.69, 9.17) is 9.47 Å². The fourth-order valence-electron chi connectivity index (χ4n) is 10.8. The molecule has 40 heavy (non-hydrogen) atoms. The molecule has 0 unspecified atom stereocenters. The monoisotopic (exact) mass is 562 g/mol. The maximum absolute atomic E-state index is 11.9. The number of aliphatic hydroxyl groups excluding tert-OH is 3. The second kappa shape index (κ2) is 10.3. The number of fused-ring (bicyclic) bond motifs is 4. The van der Waals surface area contributed by atoms with Crippen molar-refractivity contribution in [2.45, 2.75) is 149 Å². The summed E-state index contributed by atoms with van der Waals surface area (Å²) in [6.45, 7) is 18.4. The van der Waals surface area contributed by atoms with Crippen molar-refractivity contribution in [2.24, 2.45) is 39.9 Å². The van der Waals surface area contributed by atoms with Gasteiger partial charge in [-0.1, -0.05) is 52.2 Å². The van der Waals surface area contributed by atoms with Crippen molar-refractivity contribution in [3.63, 3.8) is 0 Å². The number of ether oxygens (including phenoxy) is 2. The van der Waals surface area contributed by atoms with Crippen molar-refractivity contribution in [3.8, 4) is 0 Å². The van der Waals surface area contributed by atoms with Gasteiger partial charge in [-0.3, -0.25) is 0 Å². The largest absolute Gasteiger partial charge is 0.393 e. The Morgan fingerprint density at radius 2 is 1.68 bits per heavy atom. The van der Waals surface area contributed by atoms with Gasteiger partial charge >= 0.3 is 0 Å². The average Bonchev–Trinajstić information content (AvgIpc) is 3.34. The van der Waals surface area contributed by atoms with Crippen molar-refractivity contribution in [1.82, 2.24) is 0 Å². The highest BCUT2D eigenvalue weighted by molar-refractivity contribution is 5.37. The molecular formula is C34H58O6. The lowest BCUT2D eigenvalue weighted by atomic mass is 9.43. The Labute approximate surface area is 242 Å². The molecular weight excluding hydrogens is 504 g/mol. The van der Waals surface area contributed by atoms with E-state index in [1.165, 1.54) is 11.1 Å². The SMILES string of the molecule is CCCCOC[C@H]1C[C@]2(C)[C@@H]([C@@]3(C)CC[C@@H](C(C)(C)O)O3)[C@@H](O)C[C@@]2(C)[C@@H]2C[C@H](O)[C@@H]3C(=C12)CC[C@H](O)C3(C)C. The third-order valence-corrected chi connectivity index (χ3v) is 12.9. The van der Waals surface area contributed by atoms with E-state index in [1.807, 2.05) is 13.8 Å². The summed E-state index contributed by atoms with van der Waals surface area (Å²) in [5.41, 5.74) is 0.592. The van der Waals surface area contributed by atoms with E-state index in [0.29, 0.717) is 19.4 Å². The van der Waals surface area contributed by atoms with Crippen LogP contribution in [0.3, 0.4) is 0 Å². The third-order valence-electron chi connectivity index (χ3n) is 12.9. The molecule has 6 nitrogen and oxygen atoms in total. The molecule has 0 aromatic carbocycles. The molecule has 4 aliphatic carbocycles. The van der Waals surface area contributed by atoms with Crippen LogP contribution < -0.4 is 0 Å². The maximum atomic E-state index is 11.9. The van der Waals surface area contributed by atoms with Crippen LogP contribution in [0.15, 0.2) is 11.1 Å². The predicted molar refractivity (Wildman–Crippen MR) is 157 cm³/mol. The van der Waals surface area contributed by atoms with Gasteiger partial charge in [-0.05, 0) is 94.3 Å². The Kier molecular flexibility index (Phi) is 7.97. The molecule has 0 radical (unpaired) electrons. The Morgan fingerprint density at radius 1 is 0.975 bits per heavy atom. The van der Waals surface area contributed by atoms with Crippen LogP contribution in [0.4, 0.5) is 0 Å². The van der Waals surface area contributed by atoms with Crippen molar-refractivity contribution in [1.29, 1.82) is 0 Å². The molecule has 3 saturated carbocycles. The van der Waals surface area contributed by atoms with Crippen LogP contribution in [0.1, 0.15) is 113 Å². The van der Waals surface area contributed by atoms with Gasteiger partial charge in [-0.25, -0.2) is 0 Å². The number of rotatable bonds is 7. The molecule has 4 fully saturated rings. The van der Waals surface area contributed by atoms with Crippen LogP contribution in [0.5, 0.6) is 0 Å². The zero-order valence-electron chi connectivity index (χ0n) is 26.5. The van der Waals surface area contributed by atoms with E-state index in [-0.39, 0.29) is 46.0 Å². The topological polar surface area (TPSA) is 99.4 Å². The molecule has 6 heteroatoms. The van der Waals surface area contributed by atoms with Gasteiger partial charge in [0.15, 0.2) is 0 Å². The van der Waals surface area contributed by atoms with E-state index in [2.05, 4.69) is 41.5 Å². The molecule has 230 valence electrons. The Bertz CT molecular complexity index is 983. The highest BCUT2D eigenvalue weighted by Crippen LogP contribution is 2.73. The van der Waals surface area contributed by atoms with Gasteiger partial charge in [0.1, 0.15) is 0 Å². The molecule has 1 heterocycles. The quantitative estimate of drug-likeness (QED) is 0.245. The zero-order valence-corrected chi connectivity index (χ0v) is 26.5. The summed E-state index contributed by atoms with van der Waals surface area (Å²) in [6, 6.07) is 0. The van der Waals surface area contributed by atoms with Crippen LogP contribution in [0, 0.1) is 39.9 Å². The minimum absolute atomic E-state index is 0.0426. The minimum Gasteiger partial charge on any atom is -0.393 e. The first-order valence-electron chi connectivity index (χ1n) is 16.3. The van der Waals surface area contributed by atoms with Crippen LogP contribution >= 0.6 is 0 Å². The molecule has 5 aliphatic rings. The molecule has 0 amide bonds. The van der Waals surface area contributed by atoms with E-state index < -0.39 is 29.5 Å². The van der Waals surface area contributed by atoms with Gasteiger partial charge in [0.25, 0.3) is 0 Å². The molecule has 1 aliphatic heterocycles. The summed E-state index contributed by atoms with van der Waals surface area (Å²) in [4.78, 5) is 0. The standard InChI is InChI=1S/C34H58O6/c1-9-10-15-39-19-20-17-33(7)29(34(8)14-13-26(40-34)31(4,5)38)24(36)18-32(33,6)22-16-23(35)28-21(27(20)22)11-12-25(37)30(28,2)3/h20,22-26,28-29,35-38H,9-19H2,1-8H3/t20-,22-,23+,24+,25+,26+,28+,29+,32+,33-,34-/m1/s1. The summed E-state index contributed by atoms with van der Waals surface area (Å²) < 4.78 is 13.1. The number of unbranched alkanes of at least 4 members (excludes halogenated alkanes) is 1. The first-order chi connectivity index (χ1) is 18.5. The van der Waals surface area contributed by atoms with E-state index in [0.717, 1.165) is 51.6 Å². The fourth-order valence-corrected chi connectivity index (χ4v) is 10.8. The van der Waals surface area contributed by atoms with Gasteiger partial charge in [0.2, 0.25) is 0 Å². The van der Waals surface area contributed by atoms with Crippen LogP contribution in [-0.4, -0.2) is 69.3 Å². The predicted octanol–water partition coefficient (Wildman–Crippen LogP) is 5.40. The smallest absolute Gasteiger partial charge is 0.0865 e. The Hall–Kier alpha value is -0.500. The number of hydrogen-bond donors (Lipinski definition) is 4. The summed E-state index contributed by atoms with van der Waals surface area (Å²) in [6.07, 6.45) is 5.91. The lowest BCUT2D eigenvalue weighted by molar-refractivity contribution is -0.181. The lowest BCUT2D eigenvalue weighted by Gasteiger charge is -2.62. The third kappa shape index (κ3) is 4.57. The Morgan fingerprint density at radius 3 is 2.30 bits per heavy atom. The maximum Gasteiger partial charge on any atom is 0.0865 e. The van der Waals surface area contributed by atoms with Gasteiger partial charge < -0.3 is 29.9 Å². The highest BCUT2D eigenvalue weighted by Gasteiger charge is 2.71. The van der Waals surface area contributed by atoms with Crippen LogP contribution in [0.2, 0.25) is 0 Å². The first kappa shape index (κ1) is 30.9. The van der Waals surface area contributed by atoms with Gasteiger partial charge in [-0.2, -0.15) is 0 Å². The summed E-state index contributed by atoms with van der Waals surface area (Å²) in [7, 11) is 0. The highest BCUT2D eigenvalue weighted by atomic mass is 16.5. The molecule has 5 rings (SSSR count). The van der Waals surface area contributed by atoms with Crippen molar-refractivity contribution < 1.29 is 29.9 Å².